The number of benzene rings is 1. The van der Waals surface area contributed by atoms with Crippen LogP contribution in [-0.4, -0.2) is 5.92 Å². The van der Waals surface area contributed by atoms with Crippen LogP contribution in [0, 0.1) is 5.92 Å². The van der Waals surface area contributed by atoms with Crippen LogP contribution in [-0.2, 0) is 6.42 Å². The van der Waals surface area contributed by atoms with Gasteiger partial charge < -0.3 is 0 Å². The Kier molecular flexibility index (Phi) is 3.52. The van der Waals surface area contributed by atoms with Crippen molar-refractivity contribution in [2.45, 2.75) is 18.3 Å². The number of rotatable bonds is 2. The Morgan fingerprint density at radius 3 is 2.42 bits per heavy atom. The smallest absolute Gasteiger partial charge is 0.205 e. The van der Waals surface area contributed by atoms with Crippen molar-refractivity contribution in [3.63, 3.8) is 0 Å². The van der Waals surface area contributed by atoms with Crippen LogP contribution in [0.1, 0.15) is 17.0 Å². The van der Waals surface area contributed by atoms with Crippen LogP contribution >= 0.6 is 17.0 Å². The van der Waals surface area contributed by atoms with Gasteiger partial charge in [-0.25, -0.2) is 8.78 Å². The quantitative estimate of drug-likeness (QED) is 0.730. The first-order valence-corrected chi connectivity index (χ1v) is 6.04. The summed E-state index contributed by atoms with van der Waals surface area (Å²) in [5.41, 5.74) is 3.30. The van der Waals surface area contributed by atoms with Crippen molar-refractivity contribution in [3.8, 4) is 0 Å². The van der Waals surface area contributed by atoms with Crippen molar-refractivity contribution in [2.24, 2.45) is 5.92 Å². The summed E-state index contributed by atoms with van der Waals surface area (Å²) in [5, 5.41) is 0. The first-order valence-electron chi connectivity index (χ1n) is 6.04. The third-order valence-electron chi connectivity index (χ3n) is 4.00. The zero-order chi connectivity index (χ0) is 12.9. The van der Waals surface area contributed by atoms with Crippen LogP contribution in [0.5, 0.6) is 0 Å². The molecule has 19 heavy (non-hydrogen) atoms. The molecule has 1 aromatic carbocycles. The number of hydrogen-bond acceptors (Lipinski definition) is 0. The molecule has 0 radical (unpaired) electrons. The van der Waals surface area contributed by atoms with E-state index in [1.54, 1.807) is 12.2 Å². The monoisotopic (exact) mass is 324 g/mol. The SMILES string of the molecule is Br.C=CC1=C(C=C)C2C(c3ccccc3C1)C2(F)F. The lowest BCUT2D eigenvalue weighted by atomic mass is 9.97. The molecule has 1 fully saturated rings. The van der Waals surface area contributed by atoms with E-state index in [1.165, 1.54) is 0 Å². The van der Waals surface area contributed by atoms with Gasteiger partial charge >= 0.3 is 0 Å². The molecule has 2 atom stereocenters. The van der Waals surface area contributed by atoms with Crippen LogP contribution in [0.3, 0.4) is 0 Å². The van der Waals surface area contributed by atoms with E-state index in [9.17, 15) is 8.78 Å². The van der Waals surface area contributed by atoms with E-state index < -0.39 is 17.8 Å². The maximum atomic E-state index is 14.0. The highest BCUT2D eigenvalue weighted by Crippen LogP contribution is 2.66. The molecular formula is C16H15BrF2. The second-order valence-electron chi connectivity index (χ2n) is 4.89. The van der Waals surface area contributed by atoms with Crippen molar-refractivity contribution >= 4 is 17.0 Å². The lowest BCUT2D eigenvalue weighted by Crippen LogP contribution is -2.03. The Morgan fingerprint density at radius 1 is 1.11 bits per heavy atom. The van der Waals surface area contributed by atoms with E-state index >= 15 is 0 Å². The van der Waals surface area contributed by atoms with Crippen molar-refractivity contribution in [2.75, 3.05) is 0 Å². The average Bonchev–Trinajstić information content (AvgIpc) is 2.97. The molecule has 2 unspecified atom stereocenters. The number of fused-ring (bicyclic) bond motifs is 3. The van der Waals surface area contributed by atoms with E-state index in [0.717, 1.165) is 16.7 Å². The Bertz CT molecular complexity index is 572. The maximum Gasteiger partial charge on any atom is 0.263 e. The average molecular weight is 325 g/mol. The summed E-state index contributed by atoms with van der Waals surface area (Å²) in [6, 6.07) is 7.47. The highest BCUT2D eigenvalue weighted by Gasteiger charge is 2.70. The summed E-state index contributed by atoms with van der Waals surface area (Å²) >= 11 is 0. The van der Waals surface area contributed by atoms with E-state index in [1.807, 2.05) is 24.3 Å². The molecule has 0 heterocycles. The highest BCUT2D eigenvalue weighted by molar-refractivity contribution is 8.93. The molecule has 3 rings (SSSR count). The van der Waals surface area contributed by atoms with Gasteiger partial charge in [0, 0.05) is 0 Å². The van der Waals surface area contributed by atoms with Gasteiger partial charge in [-0.05, 0) is 28.7 Å². The minimum Gasteiger partial charge on any atom is -0.205 e. The van der Waals surface area contributed by atoms with Gasteiger partial charge in [-0.2, -0.15) is 0 Å². The molecule has 0 aliphatic heterocycles. The number of hydrogen-bond donors (Lipinski definition) is 0. The van der Waals surface area contributed by atoms with Crippen molar-refractivity contribution in [1.29, 1.82) is 0 Å². The molecule has 0 bridgehead atoms. The largest absolute Gasteiger partial charge is 0.263 e. The second kappa shape index (κ2) is 4.71. The minimum atomic E-state index is -2.64. The molecule has 1 saturated carbocycles. The van der Waals surface area contributed by atoms with Crippen molar-refractivity contribution in [3.05, 3.63) is 71.8 Å². The van der Waals surface area contributed by atoms with Crippen molar-refractivity contribution in [1.82, 2.24) is 0 Å². The molecule has 1 aromatic rings. The van der Waals surface area contributed by atoms with Gasteiger partial charge in [-0.3, -0.25) is 0 Å². The van der Waals surface area contributed by atoms with Gasteiger partial charge in [0.15, 0.2) is 0 Å². The van der Waals surface area contributed by atoms with Gasteiger partial charge in [-0.1, -0.05) is 49.6 Å². The highest BCUT2D eigenvalue weighted by atomic mass is 79.9. The number of halogens is 3. The van der Waals surface area contributed by atoms with Gasteiger partial charge in [0.1, 0.15) is 0 Å². The van der Waals surface area contributed by atoms with E-state index in [0.29, 0.717) is 12.0 Å². The summed E-state index contributed by atoms with van der Waals surface area (Å²) < 4.78 is 28.0. The van der Waals surface area contributed by atoms with Crippen LogP contribution < -0.4 is 0 Å². The fourth-order valence-corrected chi connectivity index (χ4v) is 3.05. The Balaban J connectivity index is 0.00000133. The lowest BCUT2D eigenvalue weighted by molar-refractivity contribution is 0.0990. The van der Waals surface area contributed by atoms with E-state index in [2.05, 4.69) is 13.2 Å². The van der Waals surface area contributed by atoms with Crippen molar-refractivity contribution < 1.29 is 8.78 Å². The van der Waals surface area contributed by atoms with Crippen LogP contribution in [0.15, 0.2) is 60.7 Å². The lowest BCUT2D eigenvalue weighted by Gasteiger charge is -2.10. The van der Waals surface area contributed by atoms with Crippen LogP contribution in [0.4, 0.5) is 8.78 Å². The summed E-state index contributed by atoms with van der Waals surface area (Å²) in [6.07, 6.45) is 3.93. The summed E-state index contributed by atoms with van der Waals surface area (Å²) in [6.45, 7) is 7.44. The third kappa shape index (κ3) is 1.91. The predicted octanol–water partition coefficient (Wildman–Crippen LogP) is 4.84. The topological polar surface area (TPSA) is 0 Å². The molecule has 3 heteroatoms. The third-order valence-corrected chi connectivity index (χ3v) is 4.00. The van der Waals surface area contributed by atoms with Gasteiger partial charge in [-0.15, -0.1) is 17.0 Å². The maximum absolute atomic E-state index is 14.0. The molecule has 0 saturated heterocycles. The molecule has 0 spiro atoms. The molecule has 0 aromatic heterocycles. The fourth-order valence-electron chi connectivity index (χ4n) is 3.05. The van der Waals surface area contributed by atoms with Gasteiger partial charge in [0.05, 0.1) is 11.8 Å². The predicted molar refractivity (Wildman–Crippen MR) is 79.1 cm³/mol. The van der Waals surface area contributed by atoms with Crippen LogP contribution in [0.2, 0.25) is 0 Å². The summed E-state index contributed by atoms with van der Waals surface area (Å²) in [7, 11) is 0. The van der Waals surface area contributed by atoms with E-state index in [-0.39, 0.29) is 17.0 Å². The Labute approximate surface area is 122 Å². The van der Waals surface area contributed by atoms with Gasteiger partial charge in [0.2, 0.25) is 0 Å². The molecule has 2 aliphatic carbocycles. The molecule has 2 aliphatic rings. The van der Waals surface area contributed by atoms with Gasteiger partial charge in [0.25, 0.3) is 5.92 Å². The Hall–Kier alpha value is -1.22. The zero-order valence-electron chi connectivity index (χ0n) is 10.4. The standard InChI is InChI=1S/C16H14F2.BrH/c1-3-10-9-11-7-5-6-8-13(11)15-14(12(10)4-2)16(15,17)18;/h3-8,14-15H,1-2,9H2;1H. The molecule has 0 N–H and O–H groups in total. The molecule has 0 amide bonds. The zero-order valence-corrected chi connectivity index (χ0v) is 12.1. The normalized spacial score (nSPS) is 26.4. The molecular weight excluding hydrogens is 310 g/mol. The number of allylic oxidation sites excluding steroid dienone is 4. The first kappa shape index (κ1) is 14.2. The molecule has 0 nitrogen and oxygen atoms in total. The van der Waals surface area contributed by atoms with Crippen LogP contribution in [0.25, 0.3) is 0 Å². The number of alkyl halides is 2. The first-order chi connectivity index (χ1) is 8.61. The summed E-state index contributed by atoms with van der Waals surface area (Å²) in [4.78, 5) is 0. The molecule has 100 valence electrons. The second-order valence-corrected chi connectivity index (χ2v) is 4.89. The Morgan fingerprint density at radius 2 is 1.79 bits per heavy atom. The minimum absolute atomic E-state index is 0. The summed E-state index contributed by atoms with van der Waals surface area (Å²) in [5.74, 6) is -4.04. The fraction of sp³-hybridized carbons (Fsp3) is 0.250. The van der Waals surface area contributed by atoms with E-state index in [4.69, 9.17) is 0 Å².